The fraction of sp³-hybridized carbons (Fsp3) is 0.562. The monoisotopic (exact) mass is 371 g/mol. The molecule has 2 N–H and O–H groups in total. The molecule has 0 bridgehead atoms. The SMILES string of the molecule is Cc1c(Nc2ncc(F)c(OC[C@H]3CC[C@H](O)CC3)n2)cnn1C(F)F. The Morgan fingerprint density at radius 3 is 2.69 bits per heavy atom. The molecule has 1 fully saturated rings. The lowest BCUT2D eigenvalue weighted by Gasteiger charge is -2.25. The molecule has 1 aliphatic carbocycles. The van der Waals surface area contributed by atoms with Gasteiger partial charge in [0.25, 0.3) is 5.88 Å². The second-order valence-electron chi connectivity index (χ2n) is 6.32. The Morgan fingerprint density at radius 1 is 1.31 bits per heavy atom. The minimum atomic E-state index is -2.76. The molecule has 0 spiro atoms. The van der Waals surface area contributed by atoms with Crippen LogP contribution in [0.5, 0.6) is 5.88 Å². The second-order valence-corrected chi connectivity index (χ2v) is 6.32. The molecule has 1 aliphatic rings. The summed E-state index contributed by atoms with van der Waals surface area (Å²) in [6.45, 7) is -0.991. The average Bonchev–Trinajstić information content (AvgIpc) is 2.97. The lowest BCUT2D eigenvalue weighted by Crippen LogP contribution is -2.23. The van der Waals surface area contributed by atoms with Crippen LogP contribution >= 0.6 is 0 Å². The first-order valence-corrected chi connectivity index (χ1v) is 8.36. The van der Waals surface area contributed by atoms with Gasteiger partial charge in [-0.3, -0.25) is 0 Å². The lowest BCUT2D eigenvalue weighted by atomic mass is 9.88. The van der Waals surface area contributed by atoms with E-state index in [0.717, 1.165) is 19.0 Å². The quantitative estimate of drug-likeness (QED) is 0.811. The zero-order chi connectivity index (χ0) is 18.7. The third kappa shape index (κ3) is 4.24. The molecule has 2 heterocycles. The van der Waals surface area contributed by atoms with E-state index in [1.165, 1.54) is 13.1 Å². The molecule has 1 saturated carbocycles. The van der Waals surface area contributed by atoms with Crippen molar-refractivity contribution in [2.24, 2.45) is 5.92 Å². The van der Waals surface area contributed by atoms with Crippen molar-refractivity contribution in [3.63, 3.8) is 0 Å². The van der Waals surface area contributed by atoms with Gasteiger partial charge < -0.3 is 15.2 Å². The highest BCUT2D eigenvalue weighted by Gasteiger charge is 2.21. The number of nitrogens with zero attached hydrogens (tertiary/aromatic N) is 4. The molecule has 26 heavy (non-hydrogen) atoms. The molecule has 0 amide bonds. The summed E-state index contributed by atoms with van der Waals surface area (Å²) in [5.41, 5.74) is 0.500. The number of alkyl halides is 2. The second kappa shape index (κ2) is 7.90. The molecule has 10 heteroatoms. The Morgan fingerprint density at radius 2 is 2.04 bits per heavy atom. The van der Waals surface area contributed by atoms with Crippen LogP contribution in [0, 0.1) is 18.7 Å². The van der Waals surface area contributed by atoms with Crippen molar-refractivity contribution in [1.29, 1.82) is 0 Å². The van der Waals surface area contributed by atoms with Gasteiger partial charge in [0.05, 0.1) is 36.5 Å². The summed E-state index contributed by atoms with van der Waals surface area (Å²) in [5.74, 6) is -0.646. The van der Waals surface area contributed by atoms with Crippen LogP contribution in [0.3, 0.4) is 0 Å². The number of hydrogen-bond acceptors (Lipinski definition) is 6. The van der Waals surface area contributed by atoms with E-state index in [1.807, 2.05) is 0 Å². The van der Waals surface area contributed by atoms with Crippen molar-refractivity contribution in [2.75, 3.05) is 11.9 Å². The maximum absolute atomic E-state index is 13.9. The van der Waals surface area contributed by atoms with Gasteiger partial charge >= 0.3 is 6.55 Å². The van der Waals surface area contributed by atoms with Gasteiger partial charge in [0.2, 0.25) is 11.8 Å². The van der Waals surface area contributed by atoms with Crippen molar-refractivity contribution >= 4 is 11.6 Å². The standard InChI is InChI=1S/C16H20F3N5O2/c1-9-13(7-21-24(9)15(18)19)22-16-20-6-12(17)14(23-16)26-8-10-2-4-11(25)5-3-10/h6-7,10-11,15,25H,2-5,8H2,1H3,(H,20,22,23)/t10-,11-. The van der Waals surface area contributed by atoms with Crippen LogP contribution in [-0.4, -0.2) is 37.6 Å². The molecule has 0 saturated heterocycles. The van der Waals surface area contributed by atoms with E-state index >= 15 is 0 Å². The predicted molar refractivity (Wildman–Crippen MR) is 86.9 cm³/mol. The highest BCUT2D eigenvalue weighted by atomic mass is 19.3. The Labute approximate surface area is 148 Å². The number of halogens is 3. The van der Waals surface area contributed by atoms with E-state index in [1.54, 1.807) is 0 Å². The molecular formula is C16H20F3N5O2. The Hall–Kier alpha value is -2.36. The summed E-state index contributed by atoms with van der Waals surface area (Å²) in [6.07, 6.45) is 4.96. The maximum atomic E-state index is 13.9. The summed E-state index contributed by atoms with van der Waals surface area (Å²) in [5, 5.41) is 15.8. The van der Waals surface area contributed by atoms with E-state index in [2.05, 4.69) is 20.4 Å². The zero-order valence-electron chi connectivity index (χ0n) is 14.2. The molecule has 3 rings (SSSR count). The van der Waals surface area contributed by atoms with Gasteiger partial charge in [0.15, 0.2) is 0 Å². The zero-order valence-corrected chi connectivity index (χ0v) is 14.2. The number of aliphatic hydroxyl groups excluding tert-OH is 1. The van der Waals surface area contributed by atoms with Crippen LogP contribution in [0.15, 0.2) is 12.4 Å². The van der Waals surface area contributed by atoms with Crippen molar-refractivity contribution in [1.82, 2.24) is 19.7 Å². The van der Waals surface area contributed by atoms with Crippen LogP contribution in [0.25, 0.3) is 0 Å². The van der Waals surface area contributed by atoms with Crippen molar-refractivity contribution in [3.8, 4) is 5.88 Å². The lowest BCUT2D eigenvalue weighted by molar-refractivity contribution is 0.0545. The highest BCUT2D eigenvalue weighted by Crippen LogP contribution is 2.26. The van der Waals surface area contributed by atoms with E-state index in [4.69, 9.17) is 4.74 Å². The molecule has 0 atom stereocenters. The molecule has 2 aromatic heterocycles. The van der Waals surface area contributed by atoms with Crippen LogP contribution in [0.1, 0.15) is 37.9 Å². The van der Waals surface area contributed by atoms with E-state index in [0.29, 0.717) is 29.8 Å². The molecule has 2 aromatic rings. The number of aliphatic hydroxyl groups is 1. The fourth-order valence-electron chi connectivity index (χ4n) is 2.88. The third-order valence-corrected chi connectivity index (χ3v) is 4.46. The maximum Gasteiger partial charge on any atom is 0.333 e. The first kappa shape index (κ1) is 18.4. The largest absolute Gasteiger partial charge is 0.475 e. The minimum Gasteiger partial charge on any atom is -0.475 e. The number of aromatic nitrogens is 4. The third-order valence-electron chi connectivity index (χ3n) is 4.46. The molecule has 0 aromatic carbocycles. The summed E-state index contributed by atoms with van der Waals surface area (Å²) < 4.78 is 45.4. The van der Waals surface area contributed by atoms with Gasteiger partial charge in [0, 0.05) is 0 Å². The molecule has 142 valence electrons. The van der Waals surface area contributed by atoms with Gasteiger partial charge in [-0.1, -0.05) is 0 Å². The normalized spacial score (nSPS) is 20.4. The number of nitrogens with one attached hydrogen (secondary N) is 1. The van der Waals surface area contributed by atoms with Gasteiger partial charge in [-0.25, -0.2) is 9.67 Å². The Balaban J connectivity index is 1.66. The number of hydrogen-bond donors (Lipinski definition) is 2. The fourth-order valence-corrected chi connectivity index (χ4v) is 2.88. The van der Waals surface area contributed by atoms with Crippen LogP contribution in [0.2, 0.25) is 0 Å². The molecular weight excluding hydrogens is 351 g/mol. The summed E-state index contributed by atoms with van der Waals surface area (Å²) in [4.78, 5) is 7.77. The molecule has 7 nitrogen and oxygen atoms in total. The molecule has 0 aliphatic heterocycles. The van der Waals surface area contributed by atoms with Crippen LogP contribution in [0.4, 0.5) is 24.8 Å². The topological polar surface area (TPSA) is 85.1 Å². The number of rotatable bonds is 6. The summed E-state index contributed by atoms with van der Waals surface area (Å²) in [6, 6.07) is 0. The van der Waals surface area contributed by atoms with Crippen LogP contribution in [-0.2, 0) is 0 Å². The summed E-state index contributed by atoms with van der Waals surface area (Å²) >= 11 is 0. The number of ether oxygens (including phenoxy) is 1. The van der Waals surface area contributed by atoms with Gasteiger partial charge in [-0.2, -0.15) is 23.3 Å². The predicted octanol–water partition coefficient (Wildman–Crippen LogP) is 3.19. The van der Waals surface area contributed by atoms with Gasteiger partial charge in [-0.15, -0.1) is 0 Å². The minimum absolute atomic E-state index is 0.0254. The van der Waals surface area contributed by atoms with Crippen molar-refractivity contribution < 1.29 is 23.0 Å². The number of anilines is 2. The first-order chi connectivity index (χ1) is 12.4. The average molecular weight is 371 g/mol. The Kier molecular flexibility index (Phi) is 5.60. The summed E-state index contributed by atoms with van der Waals surface area (Å²) in [7, 11) is 0. The van der Waals surface area contributed by atoms with Crippen molar-refractivity contribution in [3.05, 3.63) is 23.9 Å². The Bertz CT molecular complexity index is 747. The van der Waals surface area contributed by atoms with Crippen molar-refractivity contribution in [2.45, 2.75) is 45.3 Å². The van der Waals surface area contributed by atoms with E-state index in [9.17, 15) is 18.3 Å². The van der Waals surface area contributed by atoms with Gasteiger partial charge in [0.1, 0.15) is 0 Å². The first-order valence-electron chi connectivity index (χ1n) is 8.36. The van der Waals surface area contributed by atoms with E-state index < -0.39 is 12.4 Å². The molecule has 0 radical (unpaired) electrons. The van der Waals surface area contributed by atoms with Gasteiger partial charge in [-0.05, 0) is 38.5 Å². The highest BCUT2D eigenvalue weighted by molar-refractivity contribution is 5.55. The molecule has 0 unspecified atom stereocenters. The van der Waals surface area contributed by atoms with E-state index in [-0.39, 0.29) is 29.5 Å². The van der Waals surface area contributed by atoms with Crippen LogP contribution < -0.4 is 10.1 Å². The smallest absolute Gasteiger partial charge is 0.333 e.